The van der Waals surface area contributed by atoms with Gasteiger partial charge in [0.25, 0.3) is 0 Å². The van der Waals surface area contributed by atoms with Gasteiger partial charge in [-0.2, -0.15) is 5.26 Å². The van der Waals surface area contributed by atoms with Crippen molar-refractivity contribution in [3.05, 3.63) is 0 Å². The largest absolute Gasteiger partial charge is 0.302 e. The minimum absolute atomic E-state index is 0.687. The fraction of sp³-hybridized carbons (Fsp3) is 0.875. The van der Waals surface area contributed by atoms with E-state index in [0.717, 1.165) is 12.5 Å². The second kappa shape index (κ2) is 3.58. The van der Waals surface area contributed by atoms with Crippen LogP contribution in [0.15, 0.2) is 0 Å². The van der Waals surface area contributed by atoms with E-state index in [2.05, 4.69) is 17.9 Å². The fourth-order valence-electron chi connectivity index (χ4n) is 1.44. The van der Waals surface area contributed by atoms with E-state index in [1.54, 1.807) is 0 Å². The molecule has 0 N–H and O–H groups in total. The highest BCUT2D eigenvalue weighted by atomic mass is 15.1. The highest BCUT2D eigenvalue weighted by Gasteiger charge is 2.17. The lowest BCUT2D eigenvalue weighted by molar-refractivity contribution is 0.336. The Morgan fingerprint density at radius 3 is 3.00 bits per heavy atom. The van der Waals surface area contributed by atoms with Crippen LogP contribution in [-0.2, 0) is 0 Å². The first-order chi connectivity index (χ1) is 4.83. The van der Waals surface area contributed by atoms with Crippen molar-refractivity contribution in [3.63, 3.8) is 0 Å². The molecule has 0 bridgehead atoms. The maximum Gasteiger partial charge on any atom is 0.0635 e. The minimum Gasteiger partial charge on any atom is -0.302 e. The molecule has 1 atom stereocenters. The Kier molecular flexibility index (Phi) is 2.70. The molecule has 1 aliphatic rings. The average molecular weight is 138 g/mol. The molecule has 1 rings (SSSR count). The quantitative estimate of drug-likeness (QED) is 0.574. The molecule has 0 aromatic rings. The van der Waals surface area contributed by atoms with Gasteiger partial charge in [0.05, 0.1) is 6.07 Å². The van der Waals surface area contributed by atoms with E-state index >= 15 is 0 Å². The molecule has 0 amide bonds. The van der Waals surface area contributed by atoms with E-state index in [4.69, 9.17) is 5.26 Å². The number of likely N-dealkylation sites (tertiary alicyclic amines) is 1. The zero-order valence-corrected chi connectivity index (χ0v) is 6.51. The summed E-state index contributed by atoms with van der Waals surface area (Å²) < 4.78 is 0. The number of nitrogens with zero attached hydrogens (tertiary/aromatic N) is 2. The molecule has 1 aliphatic heterocycles. The number of hydrogen-bond acceptors (Lipinski definition) is 2. The first-order valence-electron chi connectivity index (χ1n) is 3.92. The summed E-state index contributed by atoms with van der Waals surface area (Å²) in [4.78, 5) is 2.37. The second-order valence-electron chi connectivity index (χ2n) is 3.10. The van der Waals surface area contributed by atoms with E-state index in [1.165, 1.54) is 19.5 Å². The molecule has 1 fully saturated rings. The first-order valence-corrected chi connectivity index (χ1v) is 3.92. The standard InChI is InChI=1S/C8H14N2/c1-8-3-6-10(7-8)5-2-4-9/h8H,2-3,5-7H2,1H3/t8-/m0/s1. The van der Waals surface area contributed by atoms with Crippen molar-refractivity contribution in [2.75, 3.05) is 19.6 Å². The van der Waals surface area contributed by atoms with Crippen LogP contribution >= 0.6 is 0 Å². The van der Waals surface area contributed by atoms with E-state index in [-0.39, 0.29) is 0 Å². The molecule has 0 unspecified atom stereocenters. The highest BCUT2D eigenvalue weighted by Crippen LogP contribution is 2.14. The van der Waals surface area contributed by atoms with Gasteiger partial charge in [0.1, 0.15) is 0 Å². The maximum atomic E-state index is 8.32. The van der Waals surface area contributed by atoms with Gasteiger partial charge in [-0.1, -0.05) is 6.92 Å². The van der Waals surface area contributed by atoms with Gasteiger partial charge >= 0.3 is 0 Å². The molecule has 1 saturated heterocycles. The average Bonchev–Trinajstić information content (AvgIpc) is 2.31. The van der Waals surface area contributed by atoms with Crippen LogP contribution in [-0.4, -0.2) is 24.5 Å². The smallest absolute Gasteiger partial charge is 0.0635 e. The summed E-state index contributed by atoms with van der Waals surface area (Å²) in [6.45, 7) is 5.64. The van der Waals surface area contributed by atoms with Gasteiger partial charge in [-0.3, -0.25) is 0 Å². The Morgan fingerprint density at radius 2 is 2.50 bits per heavy atom. The van der Waals surface area contributed by atoms with E-state index in [1.807, 2.05) is 0 Å². The Balaban J connectivity index is 2.14. The Morgan fingerprint density at radius 1 is 1.70 bits per heavy atom. The minimum atomic E-state index is 0.687. The lowest BCUT2D eigenvalue weighted by Crippen LogP contribution is -2.20. The Hall–Kier alpha value is -0.550. The van der Waals surface area contributed by atoms with Gasteiger partial charge < -0.3 is 4.90 Å². The van der Waals surface area contributed by atoms with Crippen molar-refractivity contribution in [2.24, 2.45) is 5.92 Å². The molecule has 0 saturated carbocycles. The summed E-state index contributed by atoms with van der Waals surface area (Å²) in [5, 5.41) is 8.32. The number of hydrogen-bond donors (Lipinski definition) is 0. The summed E-state index contributed by atoms with van der Waals surface area (Å²) in [6, 6.07) is 2.17. The normalized spacial score (nSPS) is 26.6. The molecule has 0 aromatic heterocycles. The summed E-state index contributed by atoms with van der Waals surface area (Å²) in [6.07, 6.45) is 2.00. The third-order valence-corrected chi connectivity index (χ3v) is 2.05. The molecule has 56 valence electrons. The van der Waals surface area contributed by atoms with Crippen molar-refractivity contribution in [2.45, 2.75) is 19.8 Å². The Labute approximate surface area is 62.4 Å². The molecule has 0 aliphatic carbocycles. The van der Waals surface area contributed by atoms with Crippen LogP contribution < -0.4 is 0 Å². The number of rotatable bonds is 2. The van der Waals surface area contributed by atoms with Crippen molar-refractivity contribution in [1.82, 2.24) is 4.90 Å². The second-order valence-corrected chi connectivity index (χ2v) is 3.10. The van der Waals surface area contributed by atoms with Gasteiger partial charge in [-0.15, -0.1) is 0 Å². The summed E-state index contributed by atoms with van der Waals surface area (Å²) in [7, 11) is 0. The predicted octanol–water partition coefficient (Wildman–Crippen LogP) is 1.24. The summed E-state index contributed by atoms with van der Waals surface area (Å²) >= 11 is 0. The van der Waals surface area contributed by atoms with E-state index in [9.17, 15) is 0 Å². The predicted molar refractivity (Wildman–Crippen MR) is 40.5 cm³/mol. The highest BCUT2D eigenvalue weighted by molar-refractivity contribution is 4.77. The molecule has 1 heterocycles. The first kappa shape index (κ1) is 7.56. The molecule has 0 aromatic carbocycles. The van der Waals surface area contributed by atoms with Crippen LogP contribution in [0.4, 0.5) is 0 Å². The molecular weight excluding hydrogens is 124 g/mol. The summed E-state index contributed by atoms with van der Waals surface area (Å²) in [5.41, 5.74) is 0. The SMILES string of the molecule is C[C@H]1CCN(CCC#N)C1. The van der Waals surface area contributed by atoms with Gasteiger partial charge in [-0.25, -0.2) is 0 Å². The van der Waals surface area contributed by atoms with E-state index < -0.39 is 0 Å². The lowest BCUT2D eigenvalue weighted by atomic mass is 10.2. The third-order valence-electron chi connectivity index (χ3n) is 2.05. The molecule has 10 heavy (non-hydrogen) atoms. The van der Waals surface area contributed by atoms with Crippen molar-refractivity contribution >= 4 is 0 Å². The van der Waals surface area contributed by atoms with Crippen molar-refractivity contribution in [1.29, 1.82) is 5.26 Å². The summed E-state index contributed by atoms with van der Waals surface area (Å²) in [5.74, 6) is 0.846. The van der Waals surface area contributed by atoms with Gasteiger partial charge in [0, 0.05) is 19.5 Å². The lowest BCUT2D eigenvalue weighted by Gasteiger charge is -2.11. The van der Waals surface area contributed by atoms with Crippen LogP contribution in [0.3, 0.4) is 0 Å². The molecule has 2 nitrogen and oxygen atoms in total. The van der Waals surface area contributed by atoms with Crippen molar-refractivity contribution in [3.8, 4) is 6.07 Å². The zero-order chi connectivity index (χ0) is 7.40. The van der Waals surface area contributed by atoms with Gasteiger partial charge in [-0.05, 0) is 18.9 Å². The topological polar surface area (TPSA) is 27.0 Å². The number of nitriles is 1. The molecule has 0 radical (unpaired) electrons. The van der Waals surface area contributed by atoms with Crippen LogP contribution in [0.2, 0.25) is 0 Å². The van der Waals surface area contributed by atoms with Gasteiger partial charge in [0.15, 0.2) is 0 Å². The molecular formula is C8H14N2. The molecule has 2 heteroatoms. The maximum absolute atomic E-state index is 8.32. The monoisotopic (exact) mass is 138 g/mol. The fourth-order valence-corrected chi connectivity index (χ4v) is 1.44. The third kappa shape index (κ3) is 2.00. The molecule has 0 spiro atoms. The Bertz CT molecular complexity index is 137. The van der Waals surface area contributed by atoms with Gasteiger partial charge in [0.2, 0.25) is 0 Å². The van der Waals surface area contributed by atoms with Crippen LogP contribution in [0.25, 0.3) is 0 Å². The zero-order valence-electron chi connectivity index (χ0n) is 6.51. The van der Waals surface area contributed by atoms with E-state index in [0.29, 0.717) is 6.42 Å². The van der Waals surface area contributed by atoms with Crippen LogP contribution in [0.1, 0.15) is 19.8 Å². The van der Waals surface area contributed by atoms with Crippen LogP contribution in [0.5, 0.6) is 0 Å². The van der Waals surface area contributed by atoms with Crippen LogP contribution in [0, 0.1) is 17.2 Å². The van der Waals surface area contributed by atoms with Crippen molar-refractivity contribution < 1.29 is 0 Å².